The Bertz CT molecular complexity index is 149. The van der Waals surface area contributed by atoms with Gasteiger partial charge in [-0.2, -0.15) is 23.5 Å². The van der Waals surface area contributed by atoms with Crippen molar-refractivity contribution in [2.45, 2.75) is 23.5 Å². The van der Waals surface area contributed by atoms with Crippen LogP contribution in [0, 0.1) is 0 Å². The van der Waals surface area contributed by atoms with Crippen molar-refractivity contribution in [2.75, 3.05) is 18.6 Å². The number of thioether (sulfide) groups is 2. The number of nitrogens with one attached hydrogen (secondary N) is 1. The number of hydrogen-bond donors (Lipinski definition) is 1. The van der Waals surface area contributed by atoms with Crippen LogP contribution in [0.5, 0.6) is 0 Å². The summed E-state index contributed by atoms with van der Waals surface area (Å²) in [6.07, 6.45) is 2.03. The van der Waals surface area contributed by atoms with E-state index >= 15 is 0 Å². The predicted molar refractivity (Wildman–Crippen MR) is 61.2 cm³/mol. The van der Waals surface area contributed by atoms with E-state index in [1.165, 1.54) is 11.5 Å². The normalized spacial score (nSPS) is 32.8. The van der Waals surface area contributed by atoms with Crippen molar-refractivity contribution in [3.8, 4) is 0 Å². The summed E-state index contributed by atoms with van der Waals surface area (Å²) >= 11 is 4.15. The summed E-state index contributed by atoms with van der Waals surface area (Å²) in [6.45, 7) is 6.17. The molecule has 1 aliphatic rings. The van der Waals surface area contributed by atoms with E-state index in [2.05, 4.69) is 42.3 Å². The van der Waals surface area contributed by atoms with E-state index in [4.69, 9.17) is 0 Å². The Morgan fingerprint density at radius 1 is 1.50 bits per heavy atom. The molecule has 0 radical (unpaired) electrons. The van der Waals surface area contributed by atoms with E-state index in [1.54, 1.807) is 0 Å². The first-order valence-corrected chi connectivity index (χ1v) is 6.42. The van der Waals surface area contributed by atoms with Gasteiger partial charge in [0.1, 0.15) is 0 Å². The second-order valence-corrected chi connectivity index (χ2v) is 5.73. The minimum absolute atomic E-state index is 0.470. The monoisotopic (exact) mass is 203 g/mol. The highest BCUT2D eigenvalue weighted by Gasteiger charge is 2.27. The lowest BCUT2D eigenvalue weighted by Crippen LogP contribution is -2.41. The largest absolute Gasteiger partial charge is 0.313 e. The molecule has 1 saturated heterocycles. The molecule has 0 aromatic heterocycles. The van der Waals surface area contributed by atoms with Crippen molar-refractivity contribution in [3.05, 3.63) is 12.7 Å². The maximum Gasteiger partial charge on any atom is 0.0375 e. The molecule has 3 unspecified atom stereocenters. The van der Waals surface area contributed by atoms with Crippen LogP contribution in [0.4, 0.5) is 0 Å². The number of likely N-dealkylation sites (N-methyl/N-ethyl adjacent to an activating group) is 1. The molecule has 1 N–H and O–H groups in total. The Kier molecular flexibility index (Phi) is 4.54. The molecule has 3 heteroatoms. The molecule has 3 atom stereocenters. The van der Waals surface area contributed by atoms with E-state index in [0.717, 1.165) is 5.25 Å². The molecule has 12 heavy (non-hydrogen) atoms. The zero-order chi connectivity index (χ0) is 8.97. The molecule has 0 saturated carbocycles. The Morgan fingerprint density at radius 2 is 2.17 bits per heavy atom. The van der Waals surface area contributed by atoms with Crippen LogP contribution in [0.25, 0.3) is 0 Å². The Hall–Kier alpha value is 0.400. The van der Waals surface area contributed by atoms with Gasteiger partial charge in [0.05, 0.1) is 0 Å². The van der Waals surface area contributed by atoms with Gasteiger partial charge >= 0.3 is 0 Å². The van der Waals surface area contributed by atoms with Gasteiger partial charge in [-0.1, -0.05) is 13.0 Å². The second kappa shape index (κ2) is 5.20. The molecule has 0 aromatic carbocycles. The van der Waals surface area contributed by atoms with Crippen LogP contribution in [-0.2, 0) is 0 Å². The van der Waals surface area contributed by atoms with Gasteiger partial charge < -0.3 is 5.32 Å². The molecule has 0 amide bonds. The molecule has 70 valence electrons. The molecule has 1 rings (SSSR count). The number of hydrogen-bond acceptors (Lipinski definition) is 3. The predicted octanol–water partition coefficient (Wildman–Crippen LogP) is 2.00. The third-order valence-electron chi connectivity index (χ3n) is 2.18. The summed E-state index contributed by atoms with van der Waals surface area (Å²) in [4.78, 5) is 0. The number of rotatable bonds is 3. The minimum Gasteiger partial charge on any atom is -0.313 e. The molecule has 1 nitrogen and oxygen atoms in total. The van der Waals surface area contributed by atoms with Crippen molar-refractivity contribution in [1.82, 2.24) is 5.32 Å². The molecular weight excluding hydrogens is 186 g/mol. The molecule has 1 aliphatic heterocycles. The van der Waals surface area contributed by atoms with Crippen molar-refractivity contribution < 1.29 is 0 Å². The summed E-state index contributed by atoms with van der Waals surface area (Å²) in [5.74, 6) is 2.58. The fraction of sp³-hybridized carbons (Fsp3) is 0.778. The molecule has 1 heterocycles. The highest BCUT2D eigenvalue weighted by Crippen LogP contribution is 2.33. The molecule has 1 fully saturated rings. The van der Waals surface area contributed by atoms with Crippen LogP contribution >= 0.6 is 23.5 Å². The third kappa shape index (κ3) is 2.44. The van der Waals surface area contributed by atoms with Gasteiger partial charge in [-0.15, -0.1) is 6.58 Å². The molecular formula is C9H17NS2. The molecule has 0 aliphatic carbocycles. The first-order valence-electron chi connectivity index (χ1n) is 4.32. The SMILES string of the molecule is C=CC(NC)C1SCCSC1C. The van der Waals surface area contributed by atoms with Crippen LogP contribution in [0.3, 0.4) is 0 Å². The maximum atomic E-state index is 3.86. The molecule has 0 bridgehead atoms. The summed E-state index contributed by atoms with van der Waals surface area (Å²) in [7, 11) is 2.01. The molecule has 0 aromatic rings. The van der Waals surface area contributed by atoms with Gasteiger partial charge in [-0.25, -0.2) is 0 Å². The van der Waals surface area contributed by atoms with E-state index in [0.29, 0.717) is 11.3 Å². The Balaban J connectivity index is 2.51. The first kappa shape index (κ1) is 10.5. The van der Waals surface area contributed by atoms with E-state index < -0.39 is 0 Å². The fourth-order valence-corrected chi connectivity index (χ4v) is 4.43. The maximum absolute atomic E-state index is 3.86. The van der Waals surface area contributed by atoms with Gasteiger partial charge in [-0.3, -0.25) is 0 Å². The lowest BCUT2D eigenvalue weighted by Gasteiger charge is -2.32. The van der Waals surface area contributed by atoms with Crippen molar-refractivity contribution in [1.29, 1.82) is 0 Å². The van der Waals surface area contributed by atoms with Gasteiger partial charge in [0.25, 0.3) is 0 Å². The van der Waals surface area contributed by atoms with Gasteiger partial charge in [0.2, 0.25) is 0 Å². The van der Waals surface area contributed by atoms with Crippen molar-refractivity contribution in [2.24, 2.45) is 0 Å². The second-order valence-electron chi connectivity index (χ2n) is 2.96. The quantitative estimate of drug-likeness (QED) is 0.705. The van der Waals surface area contributed by atoms with Gasteiger partial charge in [0.15, 0.2) is 0 Å². The van der Waals surface area contributed by atoms with Crippen LogP contribution in [0.2, 0.25) is 0 Å². The Morgan fingerprint density at radius 3 is 2.67 bits per heavy atom. The lowest BCUT2D eigenvalue weighted by atomic mass is 10.1. The Labute approximate surface area is 83.8 Å². The minimum atomic E-state index is 0.470. The third-order valence-corrected chi connectivity index (χ3v) is 5.39. The standard InChI is InChI=1S/C9H17NS2/c1-4-8(10-3)9-7(2)11-5-6-12-9/h4,7-10H,1,5-6H2,2-3H3. The van der Waals surface area contributed by atoms with Crippen LogP contribution < -0.4 is 5.32 Å². The van der Waals surface area contributed by atoms with Crippen molar-refractivity contribution >= 4 is 23.5 Å². The van der Waals surface area contributed by atoms with E-state index in [-0.39, 0.29) is 0 Å². The van der Waals surface area contributed by atoms with E-state index in [1.807, 2.05) is 13.1 Å². The lowest BCUT2D eigenvalue weighted by molar-refractivity contribution is 0.626. The smallest absolute Gasteiger partial charge is 0.0375 e. The highest BCUT2D eigenvalue weighted by molar-refractivity contribution is 8.07. The zero-order valence-corrected chi connectivity index (χ0v) is 9.38. The van der Waals surface area contributed by atoms with Gasteiger partial charge in [-0.05, 0) is 7.05 Å². The fourth-order valence-electron chi connectivity index (χ4n) is 1.46. The van der Waals surface area contributed by atoms with Crippen LogP contribution in [0.1, 0.15) is 6.92 Å². The average molecular weight is 203 g/mol. The molecule has 0 spiro atoms. The van der Waals surface area contributed by atoms with Gasteiger partial charge in [0, 0.05) is 28.0 Å². The average Bonchev–Trinajstić information content (AvgIpc) is 2.10. The highest BCUT2D eigenvalue weighted by atomic mass is 32.2. The summed E-state index contributed by atoms with van der Waals surface area (Å²) in [5.41, 5.74) is 0. The summed E-state index contributed by atoms with van der Waals surface area (Å²) in [6, 6.07) is 0.470. The topological polar surface area (TPSA) is 12.0 Å². The summed E-state index contributed by atoms with van der Waals surface area (Å²) in [5, 5.41) is 4.75. The summed E-state index contributed by atoms with van der Waals surface area (Å²) < 4.78 is 0. The zero-order valence-electron chi connectivity index (χ0n) is 7.75. The first-order chi connectivity index (χ1) is 5.79. The van der Waals surface area contributed by atoms with Crippen molar-refractivity contribution in [3.63, 3.8) is 0 Å². The van der Waals surface area contributed by atoms with Crippen LogP contribution in [-0.4, -0.2) is 35.1 Å². The van der Waals surface area contributed by atoms with E-state index in [9.17, 15) is 0 Å². The van der Waals surface area contributed by atoms with Crippen LogP contribution in [0.15, 0.2) is 12.7 Å².